The maximum atomic E-state index is 11.5. The molecule has 0 aliphatic carbocycles. The number of nitrogens with one attached hydrogen (secondary N) is 2. The molecule has 0 bridgehead atoms. The number of hydrogen-bond acceptors (Lipinski definition) is 3. The molecule has 0 saturated carbocycles. The summed E-state index contributed by atoms with van der Waals surface area (Å²) in [5.41, 5.74) is -0.859. The molecule has 0 unspecified atom stereocenters. The topological polar surface area (TPSA) is 78.5 Å². The smallest absolute Gasteiger partial charge is 0.322 e. The zero-order chi connectivity index (χ0) is 11.2. The van der Waals surface area contributed by atoms with Crippen molar-refractivity contribution in [3.8, 4) is 0 Å². The second-order valence-corrected chi connectivity index (χ2v) is 4.34. The van der Waals surface area contributed by atoms with E-state index in [4.69, 9.17) is 0 Å². The van der Waals surface area contributed by atoms with Crippen LogP contribution in [0.2, 0.25) is 0 Å². The molecule has 2 fully saturated rings. The third kappa shape index (κ3) is 1.36. The molecular formula is C9H13N3O3. The minimum Gasteiger partial charge on any atom is -0.337 e. The first-order valence-electron chi connectivity index (χ1n) is 4.87. The zero-order valence-corrected chi connectivity index (χ0v) is 8.66. The van der Waals surface area contributed by atoms with Crippen molar-refractivity contribution in [1.82, 2.24) is 15.5 Å². The number of likely N-dealkylation sites (tertiary alicyclic amines) is 1. The fourth-order valence-corrected chi connectivity index (χ4v) is 1.88. The van der Waals surface area contributed by atoms with Gasteiger partial charge in [0.25, 0.3) is 5.91 Å². The van der Waals surface area contributed by atoms with Crippen LogP contribution in [0, 0.1) is 5.92 Å². The largest absolute Gasteiger partial charge is 0.337 e. The number of urea groups is 1. The van der Waals surface area contributed by atoms with E-state index in [9.17, 15) is 14.4 Å². The van der Waals surface area contributed by atoms with Gasteiger partial charge in [0.2, 0.25) is 5.91 Å². The van der Waals surface area contributed by atoms with Crippen molar-refractivity contribution >= 4 is 17.8 Å². The highest BCUT2D eigenvalue weighted by Crippen LogP contribution is 2.25. The summed E-state index contributed by atoms with van der Waals surface area (Å²) in [6.07, 6.45) is 0. The average molecular weight is 211 g/mol. The third-order valence-corrected chi connectivity index (χ3v) is 2.74. The summed E-state index contributed by atoms with van der Waals surface area (Å²) in [4.78, 5) is 35.4. The zero-order valence-electron chi connectivity index (χ0n) is 8.66. The van der Waals surface area contributed by atoms with Crippen molar-refractivity contribution in [3.63, 3.8) is 0 Å². The van der Waals surface area contributed by atoms with E-state index < -0.39 is 11.6 Å². The molecule has 2 rings (SSSR count). The Bertz CT molecular complexity index is 345. The molecule has 0 aromatic rings. The minimum absolute atomic E-state index is 0.00886. The monoisotopic (exact) mass is 211 g/mol. The first-order chi connectivity index (χ1) is 6.94. The lowest BCUT2D eigenvalue weighted by atomic mass is 9.89. The van der Waals surface area contributed by atoms with Gasteiger partial charge in [0, 0.05) is 5.92 Å². The summed E-state index contributed by atoms with van der Waals surface area (Å²) < 4.78 is 0. The molecule has 2 aliphatic heterocycles. The van der Waals surface area contributed by atoms with Crippen LogP contribution >= 0.6 is 0 Å². The fourth-order valence-electron chi connectivity index (χ4n) is 1.88. The van der Waals surface area contributed by atoms with E-state index in [2.05, 4.69) is 10.6 Å². The van der Waals surface area contributed by atoms with Crippen LogP contribution in [-0.4, -0.2) is 41.4 Å². The van der Waals surface area contributed by atoms with Gasteiger partial charge in [-0.3, -0.25) is 14.9 Å². The van der Waals surface area contributed by atoms with Gasteiger partial charge in [0.05, 0.1) is 13.1 Å². The first-order valence-corrected chi connectivity index (χ1v) is 4.87. The predicted molar refractivity (Wildman–Crippen MR) is 50.8 cm³/mol. The van der Waals surface area contributed by atoms with E-state index in [1.165, 1.54) is 0 Å². The second kappa shape index (κ2) is 2.95. The molecule has 2 heterocycles. The number of nitrogens with zero attached hydrogens (tertiary/aromatic N) is 1. The number of amides is 4. The summed E-state index contributed by atoms with van der Waals surface area (Å²) in [7, 11) is 0. The van der Waals surface area contributed by atoms with Crippen molar-refractivity contribution in [2.75, 3.05) is 13.1 Å². The van der Waals surface area contributed by atoms with E-state index >= 15 is 0 Å². The van der Waals surface area contributed by atoms with Crippen LogP contribution in [0.5, 0.6) is 0 Å². The lowest BCUT2D eigenvalue weighted by Crippen LogP contribution is -2.72. The summed E-state index contributed by atoms with van der Waals surface area (Å²) in [6.45, 7) is 4.17. The number of hydrogen-bond donors (Lipinski definition) is 2. The van der Waals surface area contributed by atoms with Gasteiger partial charge in [-0.2, -0.15) is 0 Å². The van der Waals surface area contributed by atoms with E-state index in [0.29, 0.717) is 0 Å². The molecule has 6 nitrogen and oxygen atoms in total. The van der Waals surface area contributed by atoms with Gasteiger partial charge in [-0.05, 0) is 0 Å². The molecule has 0 aromatic heterocycles. The predicted octanol–water partition coefficient (Wildman–Crippen LogP) is -0.937. The van der Waals surface area contributed by atoms with Gasteiger partial charge in [0.15, 0.2) is 5.54 Å². The fraction of sp³-hybridized carbons (Fsp3) is 0.667. The van der Waals surface area contributed by atoms with Gasteiger partial charge in [0.1, 0.15) is 0 Å². The molecule has 1 spiro atoms. The lowest BCUT2D eigenvalue weighted by molar-refractivity contribution is -0.147. The maximum absolute atomic E-state index is 11.5. The molecule has 2 N–H and O–H groups in total. The highest BCUT2D eigenvalue weighted by Gasteiger charge is 2.56. The van der Waals surface area contributed by atoms with Gasteiger partial charge in [-0.15, -0.1) is 0 Å². The Hall–Kier alpha value is -1.59. The highest BCUT2D eigenvalue weighted by atomic mass is 16.2. The van der Waals surface area contributed by atoms with Gasteiger partial charge in [-0.25, -0.2) is 4.79 Å². The lowest BCUT2D eigenvalue weighted by Gasteiger charge is -2.45. The molecule has 4 amide bonds. The molecule has 2 saturated heterocycles. The highest BCUT2D eigenvalue weighted by molar-refractivity contribution is 6.08. The molecule has 6 heteroatoms. The molecule has 82 valence electrons. The van der Waals surface area contributed by atoms with Crippen molar-refractivity contribution in [3.05, 3.63) is 0 Å². The van der Waals surface area contributed by atoms with Crippen LogP contribution in [0.1, 0.15) is 13.8 Å². The Balaban J connectivity index is 2.01. The van der Waals surface area contributed by atoms with E-state index in [-0.39, 0.29) is 30.8 Å². The maximum Gasteiger partial charge on any atom is 0.322 e. The first kappa shape index (κ1) is 9.95. The van der Waals surface area contributed by atoms with Crippen LogP contribution in [0.15, 0.2) is 0 Å². The molecule has 2 aliphatic rings. The molecular weight excluding hydrogens is 198 g/mol. The minimum atomic E-state index is -0.859. The van der Waals surface area contributed by atoms with E-state index in [0.717, 1.165) is 0 Å². The van der Waals surface area contributed by atoms with Crippen LogP contribution in [0.4, 0.5) is 4.79 Å². The Morgan fingerprint density at radius 3 is 2.40 bits per heavy atom. The summed E-state index contributed by atoms with van der Waals surface area (Å²) in [5.74, 6) is -0.405. The Morgan fingerprint density at radius 2 is 2.00 bits per heavy atom. The summed E-state index contributed by atoms with van der Waals surface area (Å²) >= 11 is 0. The molecule has 0 atom stereocenters. The van der Waals surface area contributed by atoms with Crippen molar-refractivity contribution in [2.45, 2.75) is 19.4 Å². The SMILES string of the molecule is CC(C)C(=O)N1CC2(C1)NC(=O)NC2=O. The van der Waals surface area contributed by atoms with Crippen LogP contribution in [0.25, 0.3) is 0 Å². The van der Waals surface area contributed by atoms with E-state index in [1.807, 2.05) is 0 Å². The van der Waals surface area contributed by atoms with E-state index in [1.54, 1.807) is 18.7 Å². The standard InChI is InChI=1S/C9H13N3O3/c1-5(2)6(13)12-3-9(4-12)7(14)10-8(15)11-9/h5H,3-4H2,1-2H3,(H2,10,11,14,15). The molecule has 0 aromatic carbocycles. The number of rotatable bonds is 1. The summed E-state index contributed by atoms with van der Waals surface area (Å²) in [6, 6.07) is -0.475. The van der Waals surface area contributed by atoms with Crippen LogP contribution in [0.3, 0.4) is 0 Å². The average Bonchev–Trinajstić information content (AvgIpc) is 2.37. The van der Waals surface area contributed by atoms with Gasteiger partial charge >= 0.3 is 6.03 Å². The molecule has 0 radical (unpaired) electrons. The van der Waals surface area contributed by atoms with Crippen molar-refractivity contribution in [1.29, 1.82) is 0 Å². The number of imide groups is 1. The third-order valence-electron chi connectivity index (χ3n) is 2.74. The Labute approximate surface area is 87.0 Å². The second-order valence-electron chi connectivity index (χ2n) is 4.34. The normalized spacial score (nSPS) is 22.7. The number of carbonyl (C=O) groups is 3. The van der Waals surface area contributed by atoms with Gasteiger partial charge < -0.3 is 10.2 Å². The Kier molecular flexibility index (Phi) is 1.95. The quantitative estimate of drug-likeness (QED) is 0.550. The van der Waals surface area contributed by atoms with Crippen LogP contribution in [-0.2, 0) is 9.59 Å². The van der Waals surface area contributed by atoms with Crippen molar-refractivity contribution in [2.24, 2.45) is 5.92 Å². The summed E-state index contributed by atoms with van der Waals surface area (Å²) in [5, 5.41) is 4.72. The van der Waals surface area contributed by atoms with Crippen LogP contribution < -0.4 is 10.6 Å². The van der Waals surface area contributed by atoms with Crippen molar-refractivity contribution < 1.29 is 14.4 Å². The molecule has 15 heavy (non-hydrogen) atoms. The Morgan fingerprint density at radius 1 is 1.40 bits per heavy atom. The number of carbonyl (C=O) groups excluding carboxylic acids is 3. The van der Waals surface area contributed by atoms with Gasteiger partial charge in [-0.1, -0.05) is 13.8 Å².